The Labute approximate surface area is 114 Å². The maximum atomic E-state index is 12.5. The highest BCUT2D eigenvalue weighted by Gasteiger charge is 2.24. The van der Waals surface area contributed by atoms with Gasteiger partial charge in [-0.3, -0.25) is 4.79 Å². The molecule has 0 fully saturated rings. The van der Waals surface area contributed by atoms with Crippen molar-refractivity contribution >= 4 is 5.78 Å². The number of benzene rings is 2. The van der Waals surface area contributed by atoms with Gasteiger partial charge in [0.1, 0.15) is 0 Å². The van der Waals surface area contributed by atoms with Crippen molar-refractivity contribution in [1.29, 1.82) is 0 Å². The van der Waals surface area contributed by atoms with Crippen LogP contribution in [-0.4, -0.2) is 12.8 Å². The molecule has 0 spiro atoms. The van der Waals surface area contributed by atoms with E-state index in [9.17, 15) is 4.79 Å². The van der Waals surface area contributed by atoms with Crippen molar-refractivity contribution in [3.8, 4) is 0 Å². The number of Topliss-reactive ketones (excluding diaryl/α,β-unsaturated/α-hetero) is 1. The number of ketones is 1. The van der Waals surface area contributed by atoms with Gasteiger partial charge in [0.25, 0.3) is 0 Å². The summed E-state index contributed by atoms with van der Waals surface area (Å²) in [6.07, 6.45) is 0. The van der Waals surface area contributed by atoms with Crippen LogP contribution in [0, 0.1) is 5.92 Å². The Morgan fingerprint density at radius 3 is 2.00 bits per heavy atom. The van der Waals surface area contributed by atoms with Gasteiger partial charge in [-0.1, -0.05) is 67.6 Å². The van der Waals surface area contributed by atoms with Crippen LogP contribution in [0.4, 0.5) is 0 Å². The Morgan fingerprint density at radius 1 is 0.947 bits per heavy atom. The van der Waals surface area contributed by atoms with E-state index in [-0.39, 0.29) is 17.7 Å². The predicted molar refractivity (Wildman–Crippen MR) is 78.2 cm³/mol. The van der Waals surface area contributed by atoms with Gasteiger partial charge in [0.2, 0.25) is 0 Å². The minimum absolute atomic E-state index is 0.0360. The lowest BCUT2D eigenvalue weighted by Crippen LogP contribution is -2.29. The molecule has 0 bridgehead atoms. The van der Waals surface area contributed by atoms with E-state index in [1.807, 2.05) is 62.5 Å². The van der Waals surface area contributed by atoms with Crippen LogP contribution in [-0.2, 0) is 0 Å². The van der Waals surface area contributed by atoms with Crippen LogP contribution in [0.1, 0.15) is 28.9 Å². The van der Waals surface area contributed by atoms with Crippen molar-refractivity contribution in [2.75, 3.05) is 7.05 Å². The zero-order chi connectivity index (χ0) is 13.7. The smallest absolute Gasteiger partial charge is 0.167 e. The molecule has 2 unspecified atom stereocenters. The van der Waals surface area contributed by atoms with Crippen LogP contribution in [0.2, 0.25) is 0 Å². The lowest BCUT2D eigenvalue weighted by Gasteiger charge is -2.23. The first-order valence-electron chi connectivity index (χ1n) is 6.55. The molecule has 2 aromatic carbocycles. The van der Waals surface area contributed by atoms with Gasteiger partial charge < -0.3 is 5.32 Å². The van der Waals surface area contributed by atoms with E-state index in [2.05, 4.69) is 17.4 Å². The fraction of sp³-hybridized carbons (Fsp3) is 0.235. The minimum atomic E-state index is -0.102. The second-order valence-corrected chi connectivity index (χ2v) is 4.70. The molecular weight excluding hydrogens is 234 g/mol. The standard InChI is InChI=1S/C17H19NO/c1-13(17(19)15-11-7-4-8-12-15)16(18-2)14-9-5-3-6-10-14/h3-13,16,18H,1-2H3. The van der Waals surface area contributed by atoms with Gasteiger partial charge in [0.15, 0.2) is 5.78 Å². The molecule has 2 heteroatoms. The molecule has 0 aliphatic carbocycles. The first-order valence-corrected chi connectivity index (χ1v) is 6.55. The SMILES string of the molecule is CNC(c1ccccc1)C(C)C(=O)c1ccccc1. The topological polar surface area (TPSA) is 29.1 Å². The number of rotatable bonds is 5. The van der Waals surface area contributed by atoms with Crippen LogP contribution in [0.15, 0.2) is 60.7 Å². The highest BCUT2D eigenvalue weighted by Crippen LogP contribution is 2.24. The predicted octanol–water partition coefficient (Wildman–Crippen LogP) is 3.47. The molecule has 19 heavy (non-hydrogen) atoms. The van der Waals surface area contributed by atoms with Crippen LogP contribution in [0.3, 0.4) is 0 Å². The molecule has 0 radical (unpaired) electrons. The summed E-state index contributed by atoms with van der Waals surface area (Å²) in [5.74, 6) is 0.0682. The van der Waals surface area contributed by atoms with E-state index < -0.39 is 0 Å². The van der Waals surface area contributed by atoms with Gasteiger partial charge in [-0.25, -0.2) is 0 Å². The molecule has 0 aliphatic heterocycles. The van der Waals surface area contributed by atoms with Crippen molar-refractivity contribution in [3.63, 3.8) is 0 Å². The largest absolute Gasteiger partial charge is 0.312 e. The number of hydrogen-bond donors (Lipinski definition) is 1. The summed E-state index contributed by atoms with van der Waals surface area (Å²) in [5.41, 5.74) is 1.91. The zero-order valence-corrected chi connectivity index (χ0v) is 11.3. The summed E-state index contributed by atoms with van der Waals surface area (Å²) in [4.78, 5) is 12.5. The van der Waals surface area contributed by atoms with Gasteiger partial charge >= 0.3 is 0 Å². The van der Waals surface area contributed by atoms with Crippen LogP contribution >= 0.6 is 0 Å². The van der Waals surface area contributed by atoms with Crippen LogP contribution in [0.25, 0.3) is 0 Å². The second-order valence-electron chi connectivity index (χ2n) is 4.70. The normalized spacial score (nSPS) is 13.8. The molecule has 0 amide bonds. The highest BCUT2D eigenvalue weighted by atomic mass is 16.1. The fourth-order valence-corrected chi connectivity index (χ4v) is 2.38. The Morgan fingerprint density at radius 2 is 1.47 bits per heavy atom. The molecule has 0 aromatic heterocycles. The molecule has 0 aliphatic rings. The van der Waals surface area contributed by atoms with E-state index in [0.717, 1.165) is 11.1 Å². The molecule has 2 atom stereocenters. The van der Waals surface area contributed by atoms with Crippen LogP contribution in [0.5, 0.6) is 0 Å². The third kappa shape index (κ3) is 3.09. The van der Waals surface area contributed by atoms with Crippen molar-refractivity contribution < 1.29 is 4.79 Å². The quantitative estimate of drug-likeness (QED) is 0.827. The number of nitrogens with one attached hydrogen (secondary N) is 1. The number of carbonyl (C=O) groups is 1. The van der Waals surface area contributed by atoms with Crippen LogP contribution < -0.4 is 5.32 Å². The van der Waals surface area contributed by atoms with Gasteiger partial charge in [0, 0.05) is 17.5 Å². The Balaban J connectivity index is 2.22. The Bertz CT molecular complexity index is 521. The lowest BCUT2D eigenvalue weighted by molar-refractivity contribution is 0.0904. The summed E-state index contributed by atoms with van der Waals surface area (Å²) in [6.45, 7) is 1.98. The summed E-state index contributed by atoms with van der Waals surface area (Å²) in [5, 5.41) is 3.25. The van der Waals surface area contributed by atoms with Gasteiger partial charge in [-0.05, 0) is 12.6 Å². The van der Waals surface area contributed by atoms with E-state index in [0.29, 0.717) is 0 Å². The molecule has 0 saturated carbocycles. The van der Waals surface area contributed by atoms with E-state index >= 15 is 0 Å². The minimum Gasteiger partial charge on any atom is -0.312 e. The lowest BCUT2D eigenvalue weighted by atomic mass is 9.88. The van der Waals surface area contributed by atoms with Gasteiger partial charge in [-0.15, -0.1) is 0 Å². The Hall–Kier alpha value is -1.93. The first kappa shape index (κ1) is 13.5. The monoisotopic (exact) mass is 253 g/mol. The molecule has 0 saturated heterocycles. The maximum Gasteiger partial charge on any atom is 0.167 e. The molecular formula is C17H19NO. The number of hydrogen-bond acceptors (Lipinski definition) is 2. The summed E-state index contributed by atoms with van der Waals surface area (Å²) >= 11 is 0. The Kier molecular flexibility index (Phi) is 4.48. The summed E-state index contributed by atoms with van der Waals surface area (Å²) in [6, 6.07) is 19.6. The second kappa shape index (κ2) is 6.30. The highest BCUT2D eigenvalue weighted by molar-refractivity contribution is 5.98. The van der Waals surface area contributed by atoms with E-state index in [1.165, 1.54) is 0 Å². The van der Waals surface area contributed by atoms with Crippen molar-refractivity contribution in [3.05, 3.63) is 71.8 Å². The summed E-state index contributed by atoms with van der Waals surface area (Å²) in [7, 11) is 1.90. The molecule has 0 heterocycles. The van der Waals surface area contributed by atoms with Crippen molar-refractivity contribution in [2.45, 2.75) is 13.0 Å². The average Bonchev–Trinajstić information content (AvgIpc) is 2.49. The maximum absolute atomic E-state index is 12.5. The van der Waals surface area contributed by atoms with E-state index in [1.54, 1.807) is 0 Å². The molecule has 2 rings (SSSR count). The third-order valence-corrected chi connectivity index (χ3v) is 3.44. The van der Waals surface area contributed by atoms with Crippen molar-refractivity contribution in [1.82, 2.24) is 5.32 Å². The van der Waals surface area contributed by atoms with E-state index in [4.69, 9.17) is 0 Å². The molecule has 2 aromatic rings. The first-order chi connectivity index (χ1) is 9.24. The summed E-state index contributed by atoms with van der Waals surface area (Å²) < 4.78 is 0. The zero-order valence-electron chi connectivity index (χ0n) is 11.3. The fourth-order valence-electron chi connectivity index (χ4n) is 2.38. The average molecular weight is 253 g/mol. The molecule has 98 valence electrons. The van der Waals surface area contributed by atoms with Gasteiger partial charge in [-0.2, -0.15) is 0 Å². The third-order valence-electron chi connectivity index (χ3n) is 3.44. The molecule has 2 nitrogen and oxygen atoms in total. The van der Waals surface area contributed by atoms with Gasteiger partial charge in [0.05, 0.1) is 0 Å². The van der Waals surface area contributed by atoms with Crippen molar-refractivity contribution in [2.24, 2.45) is 5.92 Å². The molecule has 1 N–H and O–H groups in total. The number of carbonyl (C=O) groups excluding carboxylic acids is 1.